The standard InChI is InChI=1S/C14H23NO/c1-11(15)5-4-10-14(2,3)12-6-8-13(16)9-7-12/h6-9,11,16H,4-5,10,15H2,1-3H3. The van der Waals surface area contributed by atoms with E-state index in [4.69, 9.17) is 5.73 Å². The Balaban J connectivity index is 2.59. The van der Waals surface area contributed by atoms with Crippen molar-refractivity contribution in [3.63, 3.8) is 0 Å². The molecule has 90 valence electrons. The molecule has 0 fully saturated rings. The van der Waals surface area contributed by atoms with E-state index in [1.807, 2.05) is 19.1 Å². The molecule has 1 unspecified atom stereocenters. The Labute approximate surface area is 98.5 Å². The first kappa shape index (κ1) is 13.0. The summed E-state index contributed by atoms with van der Waals surface area (Å²) in [6.07, 6.45) is 3.34. The minimum absolute atomic E-state index is 0.155. The van der Waals surface area contributed by atoms with Crippen molar-refractivity contribution in [3.8, 4) is 5.75 Å². The molecule has 0 amide bonds. The molecule has 1 atom stereocenters. The van der Waals surface area contributed by atoms with Gasteiger partial charge in [0.05, 0.1) is 0 Å². The van der Waals surface area contributed by atoms with Crippen molar-refractivity contribution in [2.75, 3.05) is 0 Å². The van der Waals surface area contributed by atoms with Gasteiger partial charge in [-0.3, -0.25) is 0 Å². The number of aromatic hydroxyl groups is 1. The van der Waals surface area contributed by atoms with E-state index in [-0.39, 0.29) is 11.5 Å². The van der Waals surface area contributed by atoms with Crippen LogP contribution >= 0.6 is 0 Å². The van der Waals surface area contributed by atoms with Gasteiger partial charge in [-0.05, 0) is 42.9 Å². The minimum atomic E-state index is 0.155. The molecule has 2 nitrogen and oxygen atoms in total. The quantitative estimate of drug-likeness (QED) is 0.802. The van der Waals surface area contributed by atoms with Crippen molar-refractivity contribution in [2.45, 2.75) is 51.5 Å². The topological polar surface area (TPSA) is 46.2 Å². The molecule has 0 aliphatic heterocycles. The summed E-state index contributed by atoms with van der Waals surface area (Å²) >= 11 is 0. The van der Waals surface area contributed by atoms with Gasteiger partial charge in [0.2, 0.25) is 0 Å². The SMILES string of the molecule is CC(N)CCCC(C)(C)c1ccc(O)cc1. The molecule has 3 N–H and O–H groups in total. The predicted octanol–water partition coefficient (Wildman–Crippen LogP) is 3.19. The van der Waals surface area contributed by atoms with Crippen molar-refractivity contribution in [2.24, 2.45) is 5.73 Å². The lowest BCUT2D eigenvalue weighted by molar-refractivity contribution is 0.437. The molecule has 2 heteroatoms. The van der Waals surface area contributed by atoms with Crippen molar-refractivity contribution in [1.82, 2.24) is 0 Å². The summed E-state index contributed by atoms with van der Waals surface area (Å²) in [5.74, 6) is 0.329. The van der Waals surface area contributed by atoms with Crippen LogP contribution in [0.4, 0.5) is 0 Å². The van der Waals surface area contributed by atoms with E-state index in [0.29, 0.717) is 5.75 Å². The fourth-order valence-electron chi connectivity index (χ4n) is 1.92. The molecule has 0 radical (unpaired) electrons. The van der Waals surface area contributed by atoms with E-state index in [9.17, 15) is 5.11 Å². The third-order valence-electron chi connectivity index (χ3n) is 3.11. The number of hydrogen-bond acceptors (Lipinski definition) is 2. The molecule has 1 aromatic rings. The van der Waals surface area contributed by atoms with E-state index in [1.54, 1.807) is 12.1 Å². The number of nitrogens with two attached hydrogens (primary N) is 1. The molecule has 0 aliphatic rings. The van der Waals surface area contributed by atoms with Crippen molar-refractivity contribution >= 4 is 0 Å². The second-order valence-electron chi connectivity index (χ2n) is 5.30. The van der Waals surface area contributed by atoms with Gasteiger partial charge in [-0.2, -0.15) is 0 Å². The van der Waals surface area contributed by atoms with Gasteiger partial charge in [-0.15, -0.1) is 0 Å². The summed E-state index contributed by atoms with van der Waals surface area (Å²) in [6.45, 7) is 6.52. The molecule has 0 saturated heterocycles. The highest BCUT2D eigenvalue weighted by Gasteiger charge is 2.19. The fourth-order valence-corrected chi connectivity index (χ4v) is 1.92. The average molecular weight is 221 g/mol. The zero-order valence-corrected chi connectivity index (χ0v) is 10.5. The van der Waals surface area contributed by atoms with Crippen LogP contribution in [0.3, 0.4) is 0 Å². The van der Waals surface area contributed by atoms with E-state index in [2.05, 4.69) is 13.8 Å². The molecule has 0 aromatic heterocycles. The maximum Gasteiger partial charge on any atom is 0.115 e. The molecule has 0 bridgehead atoms. The minimum Gasteiger partial charge on any atom is -0.508 e. The number of hydrogen-bond donors (Lipinski definition) is 2. The van der Waals surface area contributed by atoms with Gasteiger partial charge >= 0.3 is 0 Å². The van der Waals surface area contributed by atoms with Gasteiger partial charge in [-0.1, -0.05) is 32.4 Å². The third-order valence-corrected chi connectivity index (χ3v) is 3.11. The van der Waals surface area contributed by atoms with Gasteiger partial charge in [0.25, 0.3) is 0 Å². The summed E-state index contributed by atoms with van der Waals surface area (Å²) in [7, 11) is 0. The molecule has 0 saturated carbocycles. The summed E-state index contributed by atoms with van der Waals surface area (Å²) in [5, 5.41) is 9.25. The molecular formula is C14H23NO. The molecular weight excluding hydrogens is 198 g/mol. The van der Waals surface area contributed by atoms with E-state index < -0.39 is 0 Å². The summed E-state index contributed by atoms with van der Waals surface area (Å²) in [6, 6.07) is 7.80. The van der Waals surface area contributed by atoms with E-state index in [0.717, 1.165) is 19.3 Å². The van der Waals surface area contributed by atoms with Crippen LogP contribution in [0.1, 0.15) is 45.6 Å². The van der Waals surface area contributed by atoms with Crippen LogP contribution in [-0.4, -0.2) is 11.1 Å². The Morgan fingerprint density at radius 1 is 1.25 bits per heavy atom. The second kappa shape index (κ2) is 5.35. The Morgan fingerprint density at radius 2 is 1.81 bits per heavy atom. The summed E-state index contributed by atoms with van der Waals surface area (Å²) in [4.78, 5) is 0. The maximum atomic E-state index is 9.25. The monoisotopic (exact) mass is 221 g/mol. The van der Waals surface area contributed by atoms with Crippen molar-refractivity contribution in [3.05, 3.63) is 29.8 Å². The van der Waals surface area contributed by atoms with Crippen LogP contribution in [0.25, 0.3) is 0 Å². The Bertz CT molecular complexity index is 314. The van der Waals surface area contributed by atoms with Gasteiger partial charge in [-0.25, -0.2) is 0 Å². The Hall–Kier alpha value is -1.02. The first-order valence-electron chi connectivity index (χ1n) is 5.97. The zero-order valence-electron chi connectivity index (χ0n) is 10.5. The number of benzene rings is 1. The normalized spacial score (nSPS) is 13.8. The number of phenolic OH excluding ortho intramolecular Hbond substituents is 1. The van der Waals surface area contributed by atoms with Crippen LogP contribution in [-0.2, 0) is 5.41 Å². The summed E-state index contributed by atoms with van der Waals surface area (Å²) < 4.78 is 0. The molecule has 0 spiro atoms. The van der Waals surface area contributed by atoms with Crippen LogP contribution in [0.2, 0.25) is 0 Å². The van der Waals surface area contributed by atoms with E-state index >= 15 is 0 Å². The second-order valence-corrected chi connectivity index (χ2v) is 5.30. The highest BCUT2D eigenvalue weighted by Crippen LogP contribution is 2.30. The Morgan fingerprint density at radius 3 is 2.31 bits per heavy atom. The van der Waals surface area contributed by atoms with Crippen molar-refractivity contribution in [1.29, 1.82) is 0 Å². The van der Waals surface area contributed by atoms with Gasteiger partial charge in [0.1, 0.15) is 5.75 Å². The van der Waals surface area contributed by atoms with Gasteiger partial charge < -0.3 is 10.8 Å². The first-order chi connectivity index (χ1) is 7.42. The lowest BCUT2D eigenvalue weighted by Gasteiger charge is -2.25. The average Bonchev–Trinajstić information content (AvgIpc) is 2.17. The maximum absolute atomic E-state index is 9.25. The smallest absolute Gasteiger partial charge is 0.115 e. The fraction of sp³-hybridized carbons (Fsp3) is 0.571. The number of rotatable bonds is 5. The van der Waals surface area contributed by atoms with Gasteiger partial charge in [0.15, 0.2) is 0 Å². The number of phenols is 1. The molecule has 0 heterocycles. The Kier molecular flexibility index (Phi) is 4.36. The highest BCUT2D eigenvalue weighted by molar-refractivity contribution is 5.30. The lowest BCUT2D eigenvalue weighted by Crippen LogP contribution is -2.20. The van der Waals surface area contributed by atoms with Crippen molar-refractivity contribution < 1.29 is 5.11 Å². The van der Waals surface area contributed by atoms with Gasteiger partial charge in [0, 0.05) is 6.04 Å². The first-order valence-corrected chi connectivity index (χ1v) is 5.97. The molecule has 1 rings (SSSR count). The molecule has 1 aromatic carbocycles. The third kappa shape index (κ3) is 3.86. The van der Waals surface area contributed by atoms with E-state index in [1.165, 1.54) is 5.56 Å². The zero-order chi connectivity index (χ0) is 12.2. The van der Waals surface area contributed by atoms with Crippen LogP contribution in [0.15, 0.2) is 24.3 Å². The van der Waals surface area contributed by atoms with Crippen LogP contribution < -0.4 is 5.73 Å². The highest BCUT2D eigenvalue weighted by atomic mass is 16.3. The molecule has 16 heavy (non-hydrogen) atoms. The summed E-state index contributed by atoms with van der Waals surface area (Å²) in [5.41, 5.74) is 7.18. The lowest BCUT2D eigenvalue weighted by atomic mass is 9.80. The predicted molar refractivity (Wildman–Crippen MR) is 68.6 cm³/mol. The van der Waals surface area contributed by atoms with Crippen LogP contribution in [0, 0.1) is 0 Å². The largest absolute Gasteiger partial charge is 0.508 e. The van der Waals surface area contributed by atoms with Crippen LogP contribution in [0.5, 0.6) is 5.75 Å². The molecule has 0 aliphatic carbocycles.